The number of hydrogen-bond acceptors (Lipinski definition) is 4. The van der Waals surface area contributed by atoms with Gasteiger partial charge in [-0.2, -0.15) is 0 Å². The van der Waals surface area contributed by atoms with Crippen LogP contribution in [0.5, 0.6) is 0 Å². The van der Waals surface area contributed by atoms with E-state index in [0.29, 0.717) is 6.61 Å². The first-order valence-corrected chi connectivity index (χ1v) is 8.47. The number of allylic oxidation sites excluding steroid dienone is 1. The summed E-state index contributed by atoms with van der Waals surface area (Å²) in [6, 6.07) is 8.69. The molecule has 0 aromatic heterocycles. The van der Waals surface area contributed by atoms with Crippen LogP contribution in [-0.4, -0.2) is 29.6 Å². The first-order valence-electron chi connectivity index (χ1n) is 8.09. The van der Waals surface area contributed by atoms with E-state index in [-0.39, 0.29) is 17.2 Å². The van der Waals surface area contributed by atoms with E-state index >= 15 is 0 Å². The molecule has 0 aliphatic heterocycles. The highest BCUT2D eigenvalue weighted by Crippen LogP contribution is 2.14. The number of ether oxygens (including phenoxy) is 2. The van der Waals surface area contributed by atoms with E-state index in [4.69, 9.17) is 21.1 Å². The normalized spacial score (nSPS) is 13.6. The lowest BCUT2D eigenvalue weighted by atomic mass is 10.0. The molecule has 1 aromatic rings. The zero-order chi connectivity index (χ0) is 19.0. The second-order valence-electron chi connectivity index (χ2n) is 6.79. The van der Waals surface area contributed by atoms with Crippen LogP contribution in [-0.2, 0) is 20.9 Å². The van der Waals surface area contributed by atoms with E-state index in [2.05, 4.69) is 11.9 Å². The average Bonchev–Trinajstić information content (AvgIpc) is 2.48. The highest BCUT2D eigenvalue weighted by Gasteiger charge is 2.29. The zero-order valence-corrected chi connectivity index (χ0v) is 15.9. The predicted octanol–water partition coefficient (Wildman–Crippen LogP) is 4.20. The Morgan fingerprint density at radius 3 is 2.36 bits per heavy atom. The van der Waals surface area contributed by atoms with Gasteiger partial charge in [-0.1, -0.05) is 48.5 Å². The van der Waals surface area contributed by atoms with Crippen LogP contribution < -0.4 is 5.32 Å². The lowest BCUT2D eigenvalue weighted by molar-refractivity contribution is -0.124. The largest absolute Gasteiger partial charge is 0.444 e. The molecule has 25 heavy (non-hydrogen) atoms. The minimum Gasteiger partial charge on any atom is -0.444 e. The number of nitrogens with one attached hydrogen (secondary N) is 1. The number of alkyl carbamates (subject to hydrolysis) is 1. The van der Waals surface area contributed by atoms with Gasteiger partial charge in [-0.05, 0) is 33.3 Å². The van der Waals surface area contributed by atoms with Crippen LogP contribution in [0.2, 0.25) is 0 Å². The SMILES string of the molecule is C=C(Cl)CC(=O)C(NC(=O)OC(C)(C)C)C(C)OCc1ccccc1. The molecule has 2 unspecified atom stereocenters. The van der Waals surface area contributed by atoms with Gasteiger partial charge in [-0.15, -0.1) is 0 Å². The Bertz CT molecular complexity index is 595. The highest BCUT2D eigenvalue weighted by atomic mass is 35.5. The first-order chi connectivity index (χ1) is 11.6. The van der Waals surface area contributed by atoms with Crippen molar-refractivity contribution in [3.63, 3.8) is 0 Å². The lowest BCUT2D eigenvalue weighted by Gasteiger charge is -2.26. The molecule has 0 bridgehead atoms. The summed E-state index contributed by atoms with van der Waals surface area (Å²) in [5.74, 6) is -0.286. The van der Waals surface area contributed by atoms with E-state index in [9.17, 15) is 9.59 Å². The lowest BCUT2D eigenvalue weighted by Crippen LogP contribution is -2.50. The summed E-state index contributed by atoms with van der Waals surface area (Å²) in [5.41, 5.74) is 0.307. The number of ketones is 1. The molecule has 6 heteroatoms. The van der Waals surface area contributed by atoms with Crippen molar-refractivity contribution in [3.8, 4) is 0 Å². The number of hydrogen-bond donors (Lipinski definition) is 1. The number of carbonyl (C=O) groups is 2. The van der Waals surface area contributed by atoms with E-state index < -0.39 is 23.8 Å². The van der Waals surface area contributed by atoms with E-state index in [0.717, 1.165) is 5.56 Å². The van der Waals surface area contributed by atoms with Crippen LogP contribution in [0, 0.1) is 0 Å². The Labute approximate surface area is 154 Å². The van der Waals surface area contributed by atoms with Crippen LogP contribution in [0.4, 0.5) is 4.79 Å². The molecule has 0 saturated carbocycles. The summed E-state index contributed by atoms with van der Waals surface area (Å²) in [5, 5.41) is 2.78. The fourth-order valence-electron chi connectivity index (χ4n) is 2.09. The van der Waals surface area contributed by atoms with Crippen LogP contribution in [0.1, 0.15) is 39.7 Å². The second-order valence-corrected chi connectivity index (χ2v) is 7.32. The Balaban J connectivity index is 2.76. The van der Waals surface area contributed by atoms with E-state index in [1.807, 2.05) is 30.3 Å². The maximum Gasteiger partial charge on any atom is 0.408 e. The van der Waals surface area contributed by atoms with Gasteiger partial charge in [0.1, 0.15) is 11.6 Å². The summed E-state index contributed by atoms with van der Waals surface area (Å²) in [4.78, 5) is 24.5. The Morgan fingerprint density at radius 2 is 1.84 bits per heavy atom. The highest BCUT2D eigenvalue weighted by molar-refractivity contribution is 6.30. The van der Waals surface area contributed by atoms with E-state index in [1.54, 1.807) is 27.7 Å². The Morgan fingerprint density at radius 1 is 1.24 bits per heavy atom. The zero-order valence-electron chi connectivity index (χ0n) is 15.2. The monoisotopic (exact) mass is 367 g/mol. The molecule has 1 N–H and O–H groups in total. The number of rotatable bonds is 8. The van der Waals surface area contributed by atoms with E-state index in [1.165, 1.54) is 0 Å². The van der Waals surface area contributed by atoms with Crippen molar-refractivity contribution in [3.05, 3.63) is 47.5 Å². The van der Waals surface area contributed by atoms with Crippen LogP contribution in [0.15, 0.2) is 41.9 Å². The summed E-state index contributed by atoms with van der Waals surface area (Å²) in [7, 11) is 0. The van der Waals surface area contributed by atoms with Gasteiger partial charge in [-0.3, -0.25) is 4.79 Å². The summed E-state index contributed by atoms with van der Waals surface area (Å²) in [6.07, 6.45) is -1.29. The minimum absolute atomic E-state index is 0.0545. The third-order valence-electron chi connectivity index (χ3n) is 3.21. The van der Waals surface area contributed by atoms with Crippen molar-refractivity contribution in [2.75, 3.05) is 0 Å². The molecule has 5 nitrogen and oxygen atoms in total. The Hall–Kier alpha value is -1.85. The Kier molecular flexibility index (Phi) is 8.13. The van der Waals surface area contributed by atoms with Gasteiger partial charge in [0, 0.05) is 11.5 Å². The molecule has 0 fully saturated rings. The number of carbonyl (C=O) groups excluding carboxylic acids is 2. The summed E-state index contributed by atoms with van der Waals surface area (Å²) in [6.45, 7) is 10.8. The van der Waals surface area contributed by atoms with Crippen LogP contribution in [0.25, 0.3) is 0 Å². The summed E-state index contributed by atoms with van der Waals surface area (Å²) < 4.78 is 11.0. The number of amides is 1. The molecule has 138 valence electrons. The fraction of sp³-hybridized carbons (Fsp3) is 0.474. The van der Waals surface area contributed by atoms with Gasteiger partial charge < -0.3 is 14.8 Å². The van der Waals surface area contributed by atoms with Crippen molar-refractivity contribution in [2.45, 2.75) is 58.5 Å². The first kappa shape index (κ1) is 21.2. The van der Waals surface area contributed by atoms with Gasteiger partial charge in [0.15, 0.2) is 5.78 Å². The molecule has 1 amide bonds. The molecule has 1 aromatic carbocycles. The topological polar surface area (TPSA) is 64.6 Å². The van der Waals surface area contributed by atoms with Gasteiger partial charge >= 0.3 is 6.09 Å². The fourth-order valence-corrected chi connectivity index (χ4v) is 2.22. The van der Waals surface area contributed by atoms with Crippen LogP contribution >= 0.6 is 11.6 Å². The van der Waals surface area contributed by atoms with Crippen molar-refractivity contribution in [1.82, 2.24) is 5.32 Å². The molecule has 0 saturated heterocycles. The quantitative estimate of drug-likeness (QED) is 0.748. The number of Topliss-reactive ketones (excluding diaryl/α,β-unsaturated/α-hetero) is 1. The molecule has 0 spiro atoms. The molecule has 0 heterocycles. The average molecular weight is 368 g/mol. The maximum absolute atomic E-state index is 12.4. The molecule has 1 rings (SSSR count). The standard InChI is InChI=1S/C19H26ClNO4/c1-13(20)11-16(22)17(21-18(23)25-19(3,4)5)14(2)24-12-15-9-7-6-8-10-15/h6-10,14,17H,1,11-12H2,2-5H3,(H,21,23). The van der Waals surface area contributed by atoms with Gasteiger partial charge in [0.2, 0.25) is 0 Å². The molecule has 0 aliphatic rings. The predicted molar refractivity (Wildman–Crippen MR) is 98.5 cm³/mol. The molecular weight excluding hydrogens is 342 g/mol. The number of benzene rings is 1. The molecule has 2 atom stereocenters. The van der Waals surface area contributed by atoms with Gasteiger partial charge in [0.05, 0.1) is 12.7 Å². The third-order valence-corrected chi connectivity index (χ3v) is 3.34. The smallest absolute Gasteiger partial charge is 0.408 e. The molecule has 0 radical (unpaired) electrons. The van der Waals surface area contributed by atoms with Crippen molar-refractivity contribution >= 4 is 23.5 Å². The van der Waals surface area contributed by atoms with Crippen LogP contribution in [0.3, 0.4) is 0 Å². The molecule has 0 aliphatic carbocycles. The molecular formula is C19H26ClNO4. The second kappa shape index (κ2) is 9.59. The summed E-state index contributed by atoms with van der Waals surface area (Å²) >= 11 is 5.74. The minimum atomic E-state index is -0.880. The van der Waals surface area contributed by atoms with Gasteiger partial charge in [0.25, 0.3) is 0 Å². The van der Waals surface area contributed by atoms with Gasteiger partial charge in [-0.25, -0.2) is 4.79 Å². The van der Waals surface area contributed by atoms with Crippen molar-refractivity contribution in [1.29, 1.82) is 0 Å². The number of halogens is 1. The maximum atomic E-state index is 12.4. The van der Waals surface area contributed by atoms with Crippen molar-refractivity contribution in [2.24, 2.45) is 0 Å². The van der Waals surface area contributed by atoms with Crippen molar-refractivity contribution < 1.29 is 19.1 Å². The third kappa shape index (κ3) is 8.70.